The van der Waals surface area contributed by atoms with Crippen molar-refractivity contribution in [2.24, 2.45) is 5.10 Å². The van der Waals surface area contributed by atoms with Crippen molar-refractivity contribution in [2.45, 2.75) is 6.61 Å². The topological polar surface area (TPSA) is 41.9 Å². The van der Waals surface area contributed by atoms with Crippen LogP contribution in [-0.4, -0.2) is 11.6 Å². The van der Waals surface area contributed by atoms with Crippen LogP contribution >= 0.6 is 15.9 Å². The minimum atomic E-state index is -0.179. The number of carbonyl (C=O) groups is 1. The summed E-state index contributed by atoms with van der Waals surface area (Å²) in [7, 11) is 0. The van der Waals surface area contributed by atoms with E-state index in [9.17, 15) is 4.79 Å². The maximum atomic E-state index is 13.9. The Morgan fingerprint density at radius 1 is 0.763 bits per heavy atom. The highest BCUT2D eigenvalue weighted by Gasteiger charge is 2.32. The molecule has 0 radical (unpaired) electrons. The molecule has 1 amide bonds. The van der Waals surface area contributed by atoms with Gasteiger partial charge in [0, 0.05) is 15.6 Å². The molecule has 1 heterocycles. The fraction of sp³-hybridized carbons (Fsp3) is 0.0303. The zero-order valence-corrected chi connectivity index (χ0v) is 22.0. The molecule has 0 saturated heterocycles. The Morgan fingerprint density at radius 2 is 1.45 bits per heavy atom. The third-order valence-electron chi connectivity index (χ3n) is 6.45. The molecule has 184 valence electrons. The van der Waals surface area contributed by atoms with Gasteiger partial charge in [-0.15, -0.1) is 0 Å². The molecule has 0 bridgehead atoms. The van der Waals surface area contributed by atoms with Crippen molar-refractivity contribution in [3.05, 3.63) is 148 Å². The lowest BCUT2D eigenvalue weighted by Gasteiger charge is -2.14. The number of ether oxygens (including phenoxy) is 1. The summed E-state index contributed by atoms with van der Waals surface area (Å²) < 4.78 is 7.37. The number of amides is 1. The summed E-state index contributed by atoms with van der Waals surface area (Å²) in [5.74, 6) is 0.527. The number of fused-ring (bicyclic) bond motifs is 1. The molecule has 0 aliphatic carbocycles. The van der Waals surface area contributed by atoms with Gasteiger partial charge in [0.2, 0.25) is 0 Å². The number of anilines is 1. The van der Waals surface area contributed by atoms with Gasteiger partial charge in [0.25, 0.3) is 5.91 Å². The smallest absolute Gasteiger partial charge is 0.281 e. The third-order valence-corrected chi connectivity index (χ3v) is 6.98. The van der Waals surface area contributed by atoms with E-state index in [0.29, 0.717) is 23.6 Å². The molecule has 0 saturated carbocycles. The number of benzene rings is 5. The van der Waals surface area contributed by atoms with Crippen LogP contribution < -0.4 is 9.75 Å². The molecule has 1 aliphatic rings. The maximum absolute atomic E-state index is 13.9. The molecule has 0 fully saturated rings. The second-order valence-corrected chi connectivity index (χ2v) is 9.85. The standard InChI is InChI=1S/C33H23BrN2O2/c34-26-18-15-23(16-19-26)22-38-31-20-17-24-9-7-8-14-28(24)29(31)21-30-32(25-10-3-1-4-11-25)35-36(33(30)37)27-12-5-2-6-13-27/h1-21H,22H2/b30-21-. The first kappa shape index (κ1) is 23.9. The van der Waals surface area contributed by atoms with Crippen LogP contribution in [0.2, 0.25) is 0 Å². The average Bonchev–Trinajstić information content (AvgIpc) is 3.30. The highest BCUT2D eigenvalue weighted by molar-refractivity contribution is 9.10. The molecule has 0 atom stereocenters. The van der Waals surface area contributed by atoms with E-state index in [4.69, 9.17) is 9.84 Å². The van der Waals surface area contributed by atoms with Gasteiger partial charge in [-0.05, 0) is 52.7 Å². The first-order valence-corrected chi connectivity index (χ1v) is 13.1. The van der Waals surface area contributed by atoms with E-state index in [1.165, 1.54) is 5.01 Å². The van der Waals surface area contributed by atoms with Gasteiger partial charge in [0.15, 0.2) is 0 Å². The van der Waals surface area contributed by atoms with Gasteiger partial charge in [-0.3, -0.25) is 4.79 Å². The van der Waals surface area contributed by atoms with Crippen LogP contribution in [0.15, 0.2) is 136 Å². The normalized spacial score (nSPS) is 14.2. The largest absolute Gasteiger partial charge is 0.488 e. The van der Waals surface area contributed by atoms with Crippen molar-refractivity contribution in [3.63, 3.8) is 0 Å². The molecule has 6 rings (SSSR count). The monoisotopic (exact) mass is 558 g/mol. The second-order valence-electron chi connectivity index (χ2n) is 8.94. The molecule has 38 heavy (non-hydrogen) atoms. The van der Waals surface area contributed by atoms with Gasteiger partial charge in [-0.1, -0.05) is 107 Å². The number of rotatable bonds is 6. The van der Waals surface area contributed by atoms with E-state index >= 15 is 0 Å². The first-order chi connectivity index (χ1) is 18.7. The number of halogens is 1. The van der Waals surface area contributed by atoms with E-state index in [2.05, 4.69) is 28.1 Å². The molecule has 0 unspecified atom stereocenters. The fourth-order valence-electron chi connectivity index (χ4n) is 4.53. The summed E-state index contributed by atoms with van der Waals surface area (Å²) in [5.41, 5.74) is 4.65. The van der Waals surface area contributed by atoms with E-state index in [1.807, 2.05) is 115 Å². The third kappa shape index (κ3) is 4.76. The lowest BCUT2D eigenvalue weighted by atomic mass is 9.97. The van der Waals surface area contributed by atoms with Crippen molar-refractivity contribution in [1.82, 2.24) is 0 Å². The molecular weight excluding hydrogens is 536 g/mol. The van der Waals surface area contributed by atoms with Gasteiger partial charge in [-0.2, -0.15) is 10.1 Å². The Morgan fingerprint density at radius 3 is 2.21 bits per heavy atom. The van der Waals surface area contributed by atoms with Crippen molar-refractivity contribution in [2.75, 3.05) is 5.01 Å². The van der Waals surface area contributed by atoms with Crippen molar-refractivity contribution < 1.29 is 9.53 Å². The van der Waals surface area contributed by atoms with Gasteiger partial charge in [0.05, 0.1) is 11.3 Å². The molecule has 5 aromatic rings. The molecule has 0 spiro atoms. The zero-order valence-electron chi connectivity index (χ0n) is 20.4. The Kier molecular flexibility index (Phi) is 6.59. The predicted octanol–water partition coefficient (Wildman–Crippen LogP) is 8.02. The van der Waals surface area contributed by atoms with Gasteiger partial charge in [-0.25, -0.2) is 0 Å². The second kappa shape index (κ2) is 10.5. The van der Waals surface area contributed by atoms with Gasteiger partial charge >= 0.3 is 0 Å². The van der Waals surface area contributed by atoms with Crippen LogP contribution in [0.25, 0.3) is 16.8 Å². The minimum Gasteiger partial charge on any atom is -0.488 e. The number of para-hydroxylation sites is 1. The van der Waals surface area contributed by atoms with Crippen LogP contribution in [0, 0.1) is 0 Å². The zero-order chi connectivity index (χ0) is 25.9. The molecule has 5 heteroatoms. The maximum Gasteiger partial charge on any atom is 0.281 e. The first-order valence-electron chi connectivity index (χ1n) is 12.3. The summed E-state index contributed by atoms with van der Waals surface area (Å²) in [6.45, 7) is 0.408. The molecule has 0 aromatic heterocycles. The summed E-state index contributed by atoms with van der Waals surface area (Å²) >= 11 is 3.49. The Bertz CT molecular complexity index is 1680. The summed E-state index contributed by atoms with van der Waals surface area (Å²) in [6, 6.07) is 39.5. The van der Waals surface area contributed by atoms with Crippen LogP contribution in [0.4, 0.5) is 5.69 Å². The quantitative estimate of drug-likeness (QED) is 0.198. The number of carbonyl (C=O) groups excluding carboxylic acids is 1. The summed E-state index contributed by atoms with van der Waals surface area (Å²) in [6.07, 6.45) is 1.93. The molecule has 1 aliphatic heterocycles. The molecule has 5 aromatic carbocycles. The average molecular weight is 559 g/mol. The van der Waals surface area contributed by atoms with E-state index < -0.39 is 0 Å². The number of hydrogen-bond donors (Lipinski definition) is 0. The molecule has 4 nitrogen and oxygen atoms in total. The van der Waals surface area contributed by atoms with Crippen LogP contribution in [0.3, 0.4) is 0 Å². The number of hydrazone groups is 1. The van der Waals surface area contributed by atoms with Gasteiger partial charge in [0.1, 0.15) is 18.1 Å². The molecule has 0 N–H and O–H groups in total. The molecular formula is C33H23BrN2O2. The lowest BCUT2D eigenvalue weighted by Crippen LogP contribution is -2.21. The van der Waals surface area contributed by atoms with E-state index in [0.717, 1.165) is 37.6 Å². The van der Waals surface area contributed by atoms with Crippen molar-refractivity contribution in [1.29, 1.82) is 0 Å². The van der Waals surface area contributed by atoms with Gasteiger partial charge < -0.3 is 4.74 Å². The van der Waals surface area contributed by atoms with E-state index in [1.54, 1.807) is 0 Å². The summed E-state index contributed by atoms with van der Waals surface area (Å²) in [5, 5.41) is 8.33. The lowest BCUT2D eigenvalue weighted by molar-refractivity contribution is -0.114. The minimum absolute atomic E-state index is 0.179. The van der Waals surface area contributed by atoms with Crippen LogP contribution in [0.5, 0.6) is 5.75 Å². The predicted molar refractivity (Wildman–Crippen MR) is 157 cm³/mol. The number of hydrogen-bond acceptors (Lipinski definition) is 3. The Labute approximate surface area is 229 Å². The highest BCUT2D eigenvalue weighted by atomic mass is 79.9. The van der Waals surface area contributed by atoms with E-state index in [-0.39, 0.29) is 5.91 Å². The SMILES string of the molecule is O=C1/C(=C\c2c(OCc3ccc(Br)cc3)ccc3ccccc23)C(c2ccccc2)=NN1c1ccccc1. The Balaban J connectivity index is 1.48. The summed E-state index contributed by atoms with van der Waals surface area (Å²) in [4.78, 5) is 13.9. The number of nitrogens with zero attached hydrogens (tertiary/aromatic N) is 2. The van der Waals surface area contributed by atoms with Crippen LogP contribution in [0.1, 0.15) is 16.7 Å². The Hall–Kier alpha value is -4.48. The highest BCUT2D eigenvalue weighted by Crippen LogP contribution is 2.34. The van der Waals surface area contributed by atoms with Crippen LogP contribution in [-0.2, 0) is 11.4 Å². The van der Waals surface area contributed by atoms with Crippen molar-refractivity contribution in [3.8, 4) is 5.75 Å². The van der Waals surface area contributed by atoms with Crippen molar-refractivity contribution >= 4 is 50.1 Å². The fourth-order valence-corrected chi connectivity index (χ4v) is 4.80.